The second-order valence-electron chi connectivity index (χ2n) is 3.81. The van der Waals surface area contributed by atoms with Gasteiger partial charge in [0.25, 0.3) is 0 Å². The van der Waals surface area contributed by atoms with Crippen LogP contribution in [-0.2, 0) is 11.3 Å². The molecule has 0 fully saturated rings. The molecule has 17 heavy (non-hydrogen) atoms. The molecule has 0 saturated carbocycles. The number of ether oxygens (including phenoxy) is 1. The number of pyridine rings is 1. The van der Waals surface area contributed by atoms with E-state index in [1.165, 1.54) is 0 Å². The number of hydrogen-bond acceptors (Lipinski definition) is 4. The number of benzene rings is 1. The van der Waals surface area contributed by atoms with E-state index in [0.29, 0.717) is 13.2 Å². The molecule has 1 heterocycles. The standard InChI is InChI=1S/C13H17N3O/c1-17-7-6-15-13-11(9-14)8-10-4-2-3-5-12(10)16-13/h2-5,8H,6-7,9,14H2,1H3,(H,15,16). The summed E-state index contributed by atoms with van der Waals surface area (Å²) < 4.78 is 5.00. The summed E-state index contributed by atoms with van der Waals surface area (Å²) in [4.78, 5) is 4.57. The van der Waals surface area contributed by atoms with Crippen LogP contribution in [-0.4, -0.2) is 25.2 Å². The average Bonchev–Trinajstić information content (AvgIpc) is 2.38. The van der Waals surface area contributed by atoms with Crippen molar-refractivity contribution in [2.75, 3.05) is 25.6 Å². The van der Waals surface area contributed by atoms with Gasteiger partial charge < -0.3 is 15.8 Å². The maximum atomic E-state index is 5.73. The van der Waals surface area contributed by atoms with Crippen molar-refractivity contribution in [3.8, 4) is 0 Å². The van der Waals surface area contributed by atoms with Gasteiger partial charge in [0.15, 0.2) is 0 Å². The summed E-state index contributed by atoms with van der Waals surface area (Å²) in [6, 6.07) is 10.1. The third-order valence-corrected chi connectivity index (χ3v) is 2.62. The minimum atomic E-state index is 0.479. The number of fused-ring (bicyclic) bond motifs is 1. The van der Waals surface area contributed by atoms with Gasteiger partial charge >= 0.3 is 0 Å². The van der Waals surface area contributed by atoms with Crippen LogP contribution in [0, 0.1) is 0 Å². The molecule has 3 N–H and O–H groups in total. The molecule has 0 amide bonds. The first-order valence-electron chi connectivity index (χ1n) is 5.66. The van der Waals surface area contributed by atoms with E-state index >= 15 is 0 Å². The normalized spacial score (nSPS) is 10.7. The molecule has 0 unspecified atom stereocenters. The van der Waals surface area contributed by atoms with Crippen molar-refractivity contribution in [2.24, 2.45) is 5.73 Å². The van der Waals surface area contributed by atoms with E-state index in [-0.39, 0.29) is 0 Å². The molecule has 0 radical (unpaired) electrons. The van der Waals surface area contributed by atoms with Gasteiger partial charge in [0.05, 0.1) is 12.1 Å². The summed E-state index contributed by atoms with van der Waals surface area (Å²) >= 11 is 0. The smallest absolute Gasteiger partial charge is 0.131 e. The fourth-order valence-corrected chi connectivity index (χ4v) is 1.74. The molecule has 90 valence electrons. The fourth-order valence-electron chi connectivity index (χ4n) is 1.74. The first-order valence-corrected chi connectivity index (χ1v) is 5.66. The zero-order chi connectivity index (χ0) is 12.1. The lowest BCUT2D eigenvalue weighted by Gasteiger charge is -2.11. The molecule has 1 aromatic heterocycles. The van der Waals surface area contributed by atoms with Crippen LogP contribution in [0.1, 0.15) is 5.56 Å². The fraction of sp³-hybridized carbons (Fsp3) is 0.308. The van der Waals surface area contributed by atoms with E-state index in [1.807, 2.05) is 24.3 Å². The largest absolute Gasteiger partial charge is 0.383 e. The van der Waals surface area contributed by atoms with Crippen LogP contribution in [0.2, 0.25) is 0 Å². The first kappa shape index (κ1) is 11.8. The Morgan fingerprint density at radius 3 is 2.94 bits per heavy atom. The van der Waals surface area contributed by atoms with Crippen LogP contribution >= 0.6 is 0 Å². The molecule has 0 bridgehead atoms. The Morgan fingerprint density at radius 1 is 1.35 bits per heavy atom. The number of nitrogens with one attached hydrogen (secondary N) is 1. The number of rotatable bonds is 5. The van der Waals surface area contributed by atoms with Crippen molar-refractivity contribution in [3.63, 3.8) is 0 Å². The van der Waals surface area contributed by atoms with E-state index in [0.717, 1.165) is 28.8 Å². The molecule has 0 atom stereocenters. The molecule has 0 aliphatic carbocycles. The minimum Gasteiger partial charge on any atom is -0.383 e. The van der Waals surface area contributed by atoms with Gasteiger partial charge in [0.1, 0.15) is 5.82 Å². The van der Waals surface area contributed by atoms with Gasteiger partial charge in [-0.25, -0.2) is 4.98 Å². The predicted molar refractivity (Wildman–Crippen MR) is 70.0 cm³/mol. The predicted octanol–water partition coefficient (Wildman–Crippen LogP) is 1.75. The van der Waals surface area contributed by atoms with Crippen LogP contribution in [0.5, 0.6) is 0 Å². The lowest BCUT2D eigenvalue weighted by molar-refractivity contribution is 0.210. The van der Waals surface area contributed by atoms with Crippen molar-refractivity contribution in [1.82, 2.24) is 4.98 Å². The summed E-state index contributed by atoms with van der Waals surface area (Å²) in [5.74, 6) is 0.850. The first-order chi connectivity index (χ1) is 8.35. The average molecular weight is 231 g/mol. The van der Waals surface area contributed by atoms with Crippen LogP contribution in [0.3, 0.4) is 0 Å². The zero-order valence-corrected chi connectivity index (χ0v) is 9.94. The molecule has 4 nitrogen and oxygen atoms in total. The number of anilines is 1. The Morgan fingerprint density at radius 2 is 2.18 bits per heavy atom. The number of methoxy groups -OCH3 is 1. The number of para-hydroxylation sites is 1. The summed E-state index contributed by atoms with van der Waals surface area (Å²) in [6.45, 7) is 1.86. The van der Waals surface area contributed by atoms with Crippen molar-refractivity contribution in [3.05, 3.63) is 35.9 Å². The van der Waals surface area contributed by atoms with Crippen LogP contribution < -0.4 is 11.1 Å². The third kappa shape index (κ3) is 2.72. The third-order valence-electron chi connectivity index (χ3n) is 2.62. The van der Waals surface area contributed by atoms with Crippen molar-refractivity contribution >= 4 is 16.7 Å². The highest BCUT2D eigenvalue weighted by atomic mass is 16.5. The molecule has 2 aromatic rings. The lowest BCUT2D eigenvalue weighted by Crippen LogP contribution is -2.12. The molecular formula is C13H17N3O. The van der Waals surface area contributed by atoms with Crippen molar-refractivity contribution in [2.45, 2.75) is 6.54 Å². The van der Waals surface area contributed by atoms with E-state index < -0.39 is 0 Å². The SMILES string of the molecule is COCCNc1nc2ccccc2cc1CN. The molecule has 4 heteroatoms. The highest BCUT2D eigenvalue weighted by Crippen LogP contribution is 2.19. The van der Waals surface area contributed by atoms with Crippen LogP contribution in [0.25, 0.3) is 10.9 Å². The number of hydrogen-bond donors (Lipinski definition) is 2. The Bertz CT molecular complexity index is 499. The van der Waals surface area contributed by atoms with Crippen molar-refractivity contribution in [1.29, 1.82) is 0 Å². The van der Waals surface area contributed by atoms with E-state index in [2.05, 4.69) is 16.4 Å². The van der Waals surface area contributed by atoms with Gasteiger partial charge in [-0.1, -0.05) is 18.2 Å². The van der Waals surface area contributed by atoms with E-state index in [9.17, 15) is 0 Å². The maximum absolute atomic E-state index is 5.73. The Labute approximate surface area is 101 Å². The van der Waals surface area contributed by atoms with E-state index in [1.54, 1.807) is 7.11 Å². The highest BCUT2D eigenvalue weighted by molar-refractivity contribution is 5.81. The summed E-state index contributed by atoms with van der Waals surface area (Å²) in [5.41, 5.74) is 7.74. The minimum absolute atomic E-state index is 0.479. The molecule has 0 spiro atoms. The number of nitrogens with zero attached hydrogens (tertiary/aromatic N) is 1. The summed E-state index contributed by atoms with van der Waals surface area (Å²) in [6.07, 6.45) is 0. The summed E-state index contributed by atoms with van der Waals surface area (Å²) in [7, 11) is 1.68. The van der Waals surface area contributed by atoms with Crippen LogP contribution in [0.15, 0.2) is 30.3 Å². The molecule has 0 aliphatic heterocycles. The lowest BCUT2D eigenvalue weighted by atomic mass is 10.1. The monoisotopic (exact) mass is 231 g/mol. The molecule has 2 rings (SSSR count). The second kappa shape index (κ2) is 5.61. The highest BCUT2D eigenvalue weighted by Gasteiger charge is 2.04. The Hall–Kier alpha value is -1.65. The molecular weight excluding hydrogens is 214 g/mol. The van der Waals surface area contributed by atoms with Gasteiger partial charge in [0.2, 0.25) is 0 Å². The second-order valence-corrected chi connectivity index (χ2v) is 3.81. The quantitative estimate of drug-likeness (QED) is 0.770. The van der Waals surface area contributed by atoms with Gasteiger partial charge in [0, 0.05) is 31.1 Å². The Balaban J connectivity index is 2.32. The van der Waals surface area contributed by atoms with Crippen molar-refractivity contribution < 1.29 is 4.74 Å². The summed E-state index contributed by atoms with van der Waals surface area (Å²) in [5, 5.41) is 4.36. The number of nitrogens with two attached hydrogens (primary N) is 1. The Kier molecular flexibility index (Phi) is 3.90. The van der Waals surface area contributed by atoms with Crippen LogP contribution in [0.4, 0.5) is 5.82 Å². The number of aromatic nitrogens is 1. The van der Waals surface area contributed by atoms with E-state index in [4.69, 9.17) is 10.5 Å². The topological polar surface area (TPSA) is 60.2 Å². The molecule has 0 saturated heterocycles. The molecule has 0 aliphatic rings. The molecule has 1 aromatic carbocycles. The van der Waals surface area contributed by atoms with Gasteiger partial charge in [-0.15, -0.1) is 0 Å². The maximum Gasteiger partial charge on any atom is 0.131 e. The zero-order valence-electron chi connectivity index (χ0n) is 9.94. The van der Waals surface area contributed by atoms with Gasteiger partial charge in [-0.05, 0) is 12.1 Å². The van der Waals surface area contributed by atoms with Gasteiger partial charge in [-0.3, -0.25) is 0 Å². The van der Waals surface area contributed by atoms with Gasteiger partial charge in [-0.2, -0.15) is 0 Å².